The number of rotatable bonds is 7. The fourth-order valence-corrected chi connectivity index (χ4v) is 2.36. The van der Waals surface area contributed by atoms with Crippen LogP contribution in [0.2, 0.25) is 5.02 Å². The lowest BCUT2D eigenvalue weighted by Crippen LogP contribution is -2.37. The molecule has 1 aromatic carbocycles. The van der Waals surface area contributed by atoms with E-state index in [9.17, 15) is 14.9 Å². The largest absolute Gasteiger partial charge is 0.396 e. The van der Waals surface area contributed by atoms with Crippen LogP contribution in [0.15, 0.2) is 18.2 Å². The number of anilines is 1. The molecule has 1 fully saturated rings. The van der Waals surface area contributed by atoms with Crippen LogP contribution in [0.25, 0.3) is 0 Å². The van der Waals surface area contributed by atoms with Gasteiger partial charge >= 0.3 is 6.03 Å². The average molecular weight is 328 g/mol. The second-order valence-electron chi connectivity index (χ2n) is 5.21. The summed E-state index contributed by atoms with van der Waals surface area (Å²) in [6.45, 7) is 0.677. The molecule has 120 valence electrons. The highest BCUT2D eigenvalue weighted by molar-refractivity contribution is 6.33. The van der Waals surface area contributed by atoms with Gasteiger partial charge < -0.3 is 15.3 Å². The van der Waals surface area contributed by atoms with E-state index in [2.05, 4.69) is 5.32 Å². The lowest BCUT2D eigenvalue weighted by molar-refractivity contribution is -0.384. The van der Waals surface area contributed by atoms with Crippen molar-refractivity contribution in [2.24, 2.45) is 0 Å². The Morgan fingerprint density at radius 2 is 2.18 bits per heavy atom. The van der Waals surface area contributed by atoms with Crippen molar-refractivity contribution in [3.8, 4) is 0 Å². The van der Waals surface area contributed by atoms with Gasteiger partial charge in [-0.1, -0.05) is 11.6 Å². The summed E-state index contributed by atoms with van der Waals surface area (Å²) >= 11 is 5.97. The molecule has 1 aliphatic carbocycles. The monoisotopic (exact) mass is 327 g/mol. The molecule has 2 rings (SSSR count). The molecule has 0 aliphatic heterocycles. The predicted octanol–water partition coefficient (Wildman–Crippen LogP) is 3.02. The Bertz CT molecular complexity index is 563. The molecule has 0 atom stereocenters. The number of amides is 2. The topological polar surface area (TPSA) is 95.7 Å². The molecular formula is C14H18ClN3O4. The fourth-order valence-electron chi connectivity index (χ4n) is 2.14. The van der Waals surface area contributed by atoms with E-state index in [4.69, 9.17) is 16.7 Å². The second-order valence-corrected chi connectivity index (χ2v) is 5.61. The van der Waals surface area contributed by atoms with Gasteiger partial charge in [0.1, 0.15) is 0 Å². The Hall–Kier alpha value is -1.86. The number of non-ortho nitro benzene ring substituents is 1. The van der Waals surface area contributed by atoms with Crippen LogP contribution in [-0.2, 0) is 0 Å². The van der Waals surface area contributed by atoms with Crippen LogP contribution in [0.5, 0.6) is 0 Å². The van der Waals surface area contributed by atoms with Gasteiger partial charge in [0.15, 0.2) is 0 Å². The van der Waals surface area contributed by atoms with E-state index >= 15 is 0 Å². The number of carbonyl (C=O) groups excluding carboxylic acids is 1. The summed E-state index contributed by atoms with van der Waals surface area (Å²) in [4.78, 5) is 24.2. The molecule has 1 aliphatic rings. The zero-order chi connectivity index (χ0) is 16.1. The average Bonchev–Trinajstić information content (AvgIpc) is 3.30. The summed E-state index contributed by atoms with van der Waals surface area (Å²) in [6.07, 6.45) is 3.32. The van der Waals surface area contributed by atoms with Crippen molar-refractivity contribution in [2.45, 2.75) is 31.7 Å². The van der Waals surface area contributed by atoms with Gasteiger partial charge in [-0.2, -0.15) is 0 Å². The minimum absolute atomic E-state index is 0.105. The fraction of sp³-hybridized carbons (Fsp3) is 0.500. The van der Waals surface area contributed by atoms with Gasteiger partial charge in [0.25, 0.3) is 5.69 Å². The molecule has 0 radical (unpaired) electrons. The highest BCUT2D eigenvalue weighted by atomic mass is 35.5. The maximum Gasteiger partial charge on any atom is 0.322 e. The van der Waals surface area contributed by atoms with E-state index in [1.807, 2.05) is 0 Å². The number of hydrogen-bond acceptors (Lipinski definition) is 4. The smallest absolute Gasteiger partial charge is 0.322 e. The Morgan fingerprint density at radius 1 is 1.45 bits per heavy atom. The Balaban J connectivity index is 2.01. The lowest BCUT2D eigenvalue weighted by Gasteiger charge is -2.23. The number of nitrogens with one attached hydrogen (secondary N) is 1. The summed E-state index contributed by atoms with van der Waals surface area (Å²) < 4.78 is 0. The van der Waals surface area contributed by atoms with Gasteiger partial charge in [-0.15, -0.1) is 0 Å². The van der Waals surface area contributed by atoms with Crippen molar-refractivity contribution >= 4 is 29.0 Å². The molecule has 0 spiro atoms. The number of benzene rings is 1. The zero-order valence-corrected chi connectivity index (χ0v) is 12.8. The number of nitro groups is 1. The van der Waals surface area contributed by atoms with Crippen LogP contribution in [0.4, 0.5) is 16.2 Å². The first kappa shape index (κ1) is 16.5. The molecule has 2 amide bonds. The number of urea groups is 1. The molecule has 0 heterocycles. The molecular weight excluding hydrogens is 310 g/mol. The van der Waals surface area contributed by atoms with Crippen molar-refractivity contribution in [1.82, 2.24) is 4.90 Å². The number of nitrogens with zero attached hydrogens (tertiary/aromatic N) is 2. The van der Waals surface area contributed by atoms with Gasteiger partial charge in [-0.05, 0) is 31.7 Å². The number of hydrogen-bond donors (Lipinski definition) is 2. The van der Waals surface area contributed by atoms with Crippen LogP contribution < -0.4 is 5.32 Å². The maximum absolute atomic E-state index is 12.3. The second kappa shape index (κ2) is 7.42. The van der Waals surface area contributed by atoms with Gasteiger partial charge in [0, 0.05) is 31.3 Å². The van der Waals surface area contributed by atoms with Crippen molar-refractivity contribution in [3.63, 3.8) is 0 Å². The van der Waals surface area contributed by atoms with E-state index in [-0.39, 0.29) is 29.4 Å². The first-order valence-corrected chi connectivity index (χ1v) is 7.53. The number of carbonyl (C=O) groups is 1. The van der Waals surface area contributed by atoms with E-state index in [1.54, 1.807) is 4.90 Å². The zero-order valence-electron chi connectivity index (χ0n) is 12.0. The Labute approximate surface area is 133 Å². The summed E-state index contributed by atoms with van der Waals surface area (Å²) in [6, 6.07) is 3.91. The first-order chi connectivity index (χ1) is 10.5. The van der Waals surface area contributed by atoms with Crippen molar-refractivity contribution in [2.75, 3.05) is 18.5 Å². The first-order valence-electron chi connectivity index (χ1n) is 7.15. The summed E-state index contributed by atoms with van der Waals surface area (Å²) in [5.41, 5.74) is 0.232. The van der Waals surface area contributed by atoms with Crippen LogP contribution in [-0.4, -0.2) is 40.2 Å². The molecule has 0 bridgehead atoms. The maximum atomic E-state index is 12.3. The molecule has 1 aromatic rings. The predicted molar refractivity (Wildman–Crippen MR) is 83.2 cm³/mol. The molecule has 7 nitrogen and oxygen atoms in total. The van der Waals surface area contributed by atoms with Crippen molar-refractivity contribution in [1.29, 1.82) is 0 Å². The third-order valence-corrected chi connectivity index (χ3v) is 3.77. The van der Waals surface area contributed by atoms with Crippen LogP contribution in [0, 0.1) is 10.1 Å². The van der Waals surface area contributed by atoms with Crippen LogP contribution in [0.1, 0.15) is 25.7 Å². The van der Waals surface area contributed by atoms with Gasteiger partial charge in [-0.3, -0.25) is 10.1 Å². The third-order valence-electron chi connectivity index (χ3n) is 3.46. The van der Waals surface area contributed by atoms with Crippen LogP contribution in [0.3, 0.4) is 0 Å². The van der Waals surface area contributed by atoms with Crippen molar-refractivity contribution in [3.05, 3.63) is 33.3 Å². The minimum atomic E-state index is -0.539. The number of halogens is 1. The summed E-state index contributed by atoms with van der Waals surface area (Å²) in [5.74, 6) is 0. The molecule has 0 saturated heterocycles. The number of nitro benzene ring substituents is 1. The molecule has 8 heteroatoms. The van der Waals surface area contributed by atoms with E-state index < -0.39 is 4.92 Å². The Morgan fingerprint density at radius 3 is 2.73 bits per heavy atom. The standard InChI is InChI=1S/C14H18ClN3O4/c15-12-9-11(18(21)22)5-6-13(12)16-14(20)17(10-3-4-10)7-1-2-8-19/h5-6,9-10,19H,1-4,7-8H2,(H,16,20). The molecule has 0 aromatic heterocycles. The lowest BCUT2D eigenvalue weighted by atomic mass is 10.2. The van der Waals surface area contributed by atoms with E-state index in [1.165, 1.54) is 18.2 Å². The third kappa shape index (κ3) is 4.32. The summed E-state index contributed by atoms with van der Waals surface area (Å²) in [5, 5.41) is 22.3. The minimum Gasteiger partial charge on any atom is -0.396 e. The quantitative estimate of drug-likeness (QED) is 0.457. The van der Waals surface area contributed by atoms with E-state index in [0.29, 0.717) is 18.7 Å². The van der Waals surface area contributed by atoms with E-state index in [0.717, 1.165) is 19.3 Å². The highest BCUT2D eigenvalue weighted by Crippen LogP contribution is 2.30. The van der Waals surface area contributed by atoms with Crippen LogP contribution >= 0.6 is 11.6 Å². The van der Waals surface area contributed by atoms with Gasteiger partial charge in [0.05, 0.1) is 15.6 Å². The Kier molecular flexibility index (Phi) is 5.57. The molecule has 1 saturated carbocycles. The highest BCUT2D eigenvalue weighted by Gasteiger charge is 2.32. The molecule has 0 unspecified atom stereocenters. The molecule has 2 N–H and O–H groups in total. The summed E-state index contributed by atoms with van der Waals surface area (Å²) in [7, 11) is 0. The van der Waals surface area contributed by atoms with Gasteiger partial charge in [0.2, 0.25) is 0 Å². The normalized spacial score (nSPS) is 13.7. The van der Waals surface area contributed by atoms with Gasteiger partial charge in [-0.25, -0.2) is 4.79 Å². The SMILES string of the molecule is O=C(Nc1ccc([N+](=O)[O-])cc1Cl)N(CCCCO)C1CC1. The number of aliphatic hydroxyl groups excluding tert-OH is 1. The van der Waals surface area contributed by atoms with Crippen molar-refractivity contribution < 1.29 is 14.8 Å². The number of aliphatic hydroxyl groups is 1. The molecule has 22 heavy (non-hydrogen) atoms. The number of unbranched alkanes of at least 4 members (excludes halogenated alkanes) is 1.